The van der Waals surface area contributed by atoms with E-state index in [1.807, 2.05) is 13.0 Å². The minimum absolute atomic E-state index is 0.229. The molecule has 1 aromatic rings. The zero-order valence-corrected chi connectivity index (χ0v) is 10.9. The van der Waals surface area contributed by atoms with Gasteiger partial charge in [0.1, 0.15) is 0 Å². The summed E-state index contributed by atoms with van der Waals surface area (Å²) in [4.78, 5) is 6.72. The van der Waals surface area contributed by atoms with Gasteiger partial charge in [-0.3, -0.25) is 9.88 Å². The van der Waals surface area contributed by atoms with E-state index in [4.69, 9.17) is 11.6 Å². The number of nitrogens with zero attached hydrogens (tertiary/aromatic N) is 2. The molecular formula is C13H19ClN2O. The van der Waals surface area contributed by atoms with Crippen molar-refractivity contribution in [3.63, 3.8) is 0 Å². The van der Waals surface area contributed by atoms with Gasteiger partial charge in [-0.2, -0.15) is 0 Å². The maximum Gasteiger partial charge on any atom is 0.0558 e. The maximum absolute atomic E-state index is 9.48. The average molecular weight is 255 g/mol. The second kappa shape index (κ2) is 5.80. The summed E-state index contributed by atoms with van der Waals surface area (Å²) in [7, 11) is 0. The van der Waals surface area contributed by atoms with Crippen LogP contribution in [0.15, 0.2) is 18.3 Å². The van der Waals surface area contributed by atoms with Crippen molar-refractivity contribution in [2.75, 3.05) is 6.54 Å². The number of hydrogen-bond donors (Lipinski definition) is 1. The number of aromatic nitrogens is 1. The van der Waals surface area contributed by atoms with Gasteiger partial charge in [0.05, 0.1) is 11.8 Å². The predicted molar refractivity (Wildman–Crippen MR) is 69.0 cm³/mol. The van der Waals surface area contributed by atoms with Crippen LogP contribution in [-0.2, 0) is 6.54 Å². The van der Waals surface area contributed by atoms with E-state index < -0.39 is 0 Å². The van der Waals surface area contributed by atoms with Crippen molar-refractivity contribution < 1.29 is 5.11 Å². The van der Waals surface area contributed by atoms with Crippen molar-refractivity contribution in [2.45, 2.75) is 44.9 Å². The van der Waals surface area contributed by atoms with Crippen LogP contribution in [0.1, 0.15) is 31.9 Å². The fourth-order valence-corrected chi connectivity index (χ4v) is 2.69. The van der Waals surface area contributed by atoms with E-state index >= 15 is 0 Å². The van der Waals surface area contributed by atoms with Crippen LogP contribution >= 0.6 is 11.6 Å². The van der Waals surface area contributed by atoms with Crippen molar-refractivity contribution >= 4 is 11.6 Å². The highest BCUT2D eigenvalue weighted by molar-refractivity contribution is 6.30. The Bertz CT molecular complexity index is 370. The van der Waals surface area contributed by atoms with E-state index in [0.717, 1.165) is 30.2 Å². The van der Waals surface area contributed by atoms with Gasteiger partial charge >= 0.3 is 0 Å². The summed E-state index contributed by atoms with van der Waals surface area (Å²) in [6.45, 7) is 3.78. The first-order valence-electron chi connectivity index (χ1n) is 6.17. The van der Waals surface area contributed by atoms with E-state index in [0.29, 0.717) is 6.04 Å². The molecule has 17 heavy (non-hydrogen) atoms. The molecule has 1 fully saturated rings. The van der Waals surface area contributed by atoms with Crippen LogP contribution in [0.2, 0.25) is 5.02 Å². The summed E-state index contributed by atoms with van der Waals surface area (Å²) in [5.74, 6) is 0. The fourth-order valence-electron chi connectivity index (χ4n) is 2.51. The first-order valence-corrected chi connectivity index (χ1v) is 6.55. The molecule has 2 rings (SSSR count). The van der Waals surface area contributed by atoms with Crippen molar-refractivity contribution in [3.8, 4) is 0 Å². The summed E-state index contributed by atoms with van der Waals surface area (Å²) in [6, 6.07) is 4.19. The monoisotopic (exact) mass is 254 g/mol. The molecule has 0 spiro atoms. The van der Waals surface area contributed by atoms with E-state index in [1.165, 1.54) is 12.8 Å². The van der Waals surface area contributed by atoms with Crippen molar-refractivity contribution in [1.29, 1.82) is 0 Å². The summed E-state index contributed by atoms with van der Waals surface area (Å²) in [5, 5.41) is 10.2. The SMILES string of the molecule is CC(O)CC1CCCN1Cc1cc(Cl)ccn1. The number of aliphatic hydroxyl groups excluding tert-OH is 1. The molecule has 0 radical (unpaired) electrons. The summed E-state index contributed by atoms with van der Waals surface area (Å²) in [6.07, 6.45) is 4.74. The Hall–Kier alpha value is -0.640. The maximum atomic E-state index is 9.48. The van der Waals surface area contributed by atoms with Gasteiger partial charge < -0.3 is 5.11 Å². The van der Waals surface area contributed by atoms with Crippen molar-refractivity contribution in [2.24, 2.45) is 0 Å². The number of aliphatic hydroxyl groups is 1. The van der Waals surface area contributed by atoms with Gasteiger partial charge in [0.2, 0.25) is 0 Å². The van der Waals surface area contributed by atoms with E-state index in [1.54, 1.807) is 12.3 Å². The Morgan fingerprint density at radius 3 is 3.18 bits per heavy atom. The highest BCUT2D eigenvalue weighted by Gasteiger charge is 2.25. The standard InChI is InChI=1S/C13H19ClN2O/c1-10(17)7-13-3-2-6-16(13)9-12-8-11(14)4-5-15-12/h4-5,8,10,13,17H,2-3,6-7,9H2,1H3. The predicted octanol–water partition coefficient (Wildman–Crippen LogP) is 2.47. The number of rotatable bonds is 4. The van der Waals surface area contributed by atoms with Gasteiger partial charge in [-0.05, 0) is 44.9 Å². The molecule has 0 aromatic carbocycles. The highest BCUT2D eigenvalue weighted by atomic mass is 35.5. The molecule has 0 bridgehead atoms. The lowest BCUT2D eigenvalue weighted by atomic mass is 10.1. The van der Waals surface area contributed by atoms with Crippen LogP contribution < -0.4 is 0 Å². The van der Waals surface area contributed by atoms with Crippen molar-refractivity contribution in [3.05, 3.63) is 29.0 Å². The lowest BCUT2D eigenvalue weighted by Gasteiger charge is -2.25. The molecule has 3 nitrogen and oxygen atoms in total. The molecule has 94 valence electrons. The van der Waals surface area contributed by atoms with Crippen LogP contribution in [-0.4, -0.2) is 33.7 Å². The van der Waals surface area contributed by atoms with Crippen molar-refractivity contribution in [1.82, 2.24) is 9.88 Å². The first-order chi connectivity index (χ1) is 8.15. The molecule has 0 amide bonds. The number of pyridine rings is 1. The average Bonchev–Trinajstić information content (AvgIpc) is 2.65. The van der Waals surface area contributed by atoms with Gasteiger partial charge in [0.15, 0.2) is 0 Å². The molecule has 1 saturated heterocycles. The third-order valence-electron chi connectivity index (χ3n) is 3.26. The molecule has 2 unspecified atom stereocenters. The Morgan fingerprint density at radius 1 is 1.65 bits per heavy atom. The minimum atomic E-state index is -0.229. The third kappa shape index (κ3) is 3.66. The first kappa shape index (κ1) is 12.8. The summed E-state index contributed by atoms with van der Waals surface area (Å²) >= 11 is 5.95. The van der Waals surface area contributed by atoms with Gasteiger partial charge in [0.25, 0.3) is 0 Å². The fraction of sp³-hybridized carbons (Fsp3) is 0.615. The van der Waals surface area contributed by atoms with Crippen LogP contribution in [0.5, 0.6) is 0 Å². The van der Waals surface area contributed by atoms with Gasteiger partial charge in [-0.1, -0.05) is 11.6 Å². The number of likely N-dealkylation sites (tertiary alicyclic amines) is 1. The Balaban J connectivity index is 1.97. The largest absolute Gasteiger partial charge is 0.393 e. The molecule has 1 N–H and O–H groups in total. The molecule has 1 aliphatic rings. The topological polar surface area (TPSA) is 36.4 Å². The van der Waals surface area contributed by atoms with E-state index in [9.17, 15) is 5.11 Å². The Labute approximate surface area is 107 Å². The molecule has 1 aliphatic heterocycles. The van der Waals surface area contributed by atoms with Gasteiger partial charge in [-0.25, -0.2) is 0 Å². The van der Waals surface area contributed by atoms with E-state index in [-0.39, 0.29) is 6.10 Å². The minimum Gasteiger partial charge on any atom is -0.393 e. The smallest absolute Gasteiger partial charge is 0.0558 e. The molecule has 0 saturated carbocycles. The lowest BCUT2D eigenvalue weighted by molar-refractivity contribution is 0.130. The number of halogens is 1. The van der Waals surface area contributed by atoms with E-state index in [2.05, 4.69) is 9.88 Å². The quantitative estimate of drug-likeness (QED) is 0.897. The lowest BCUT2D eigenvalue weighted by Crippen LogP contribution is -2.31. The normalized spacial score (nSPS) is 22.9. The zero-order chi connectivity index (χ0) is 12.3. The molecule has 4 heteroatoms. The van der Waals surface area contributed by atoms with Crippen LogP contribution in [0, 0.1) is 0 Å². The molecular weight excluding hydrogens is 236 g/mol. The second-order valence-corrected chi connectivity index (χ2v) is 5.25. The Morgan fingerprint density at radius 2 is 2.47 bits per heavy atom. The Kier molecular flexibility index (Phi) is 4.37. The highest BCUT2D eigenvalue weighted by Crippen LogP contribution is 2.23. The molecule has 1 aromatic heterocycles. The van der Waals surface area contributed by atoms with Gasteiger partial charge in [-0.15, -0.1) is 0 Å². The van der Waals surface area contributed by atoms with Crippen LogP contribution in [0.4, 0.5) is 0 Å². The van der Waals surface area contributed by atoms with Gasteiger partial charge in [0, 0.05) is 23.8 Å². The molecule has 0 aliphatic carbocycles. The molecule has 2 atom stereocenters. The van der Waals surface area contributed by atoms with Crippen LogP contribution in [0.25, 0.3) is 0 Å². The second-order valence-electron chi connectivity index (χ2n) is 4.82. The third-order valence-corrected chi connectivity index (χ3v) is 3.49. The number of hydrogen-bond acceptors (Lipinski definition) is 3. The zero-order valence-electron chi connectivity index (χ0n) is 10.1. The summed E-state index contributed by atoms with van der Waals surface area (Å²) < 4.78 is 0. The van der Waals surface area contributed by atoms with Crippen LogP contribution in [0.3, 0.4) is 0 Å². The summed E-state index contributed by atoms with van der Waals surface area (Å²) in [5.41, 5.74) is 1.01. The molecule has 2 heterocycles.